The smallest absolute Gasteiger partial charge is 0.283 e. The standard InChI is InChI=1S/C29H28ClN3O2/c1-2-21-11-9-10-16-24(21)33-28(34)25(30)27(29(33)35)32-19-17-31(18-20-32)26(22-12-5-3-6-13-22)23-14-7-4-8-15-23/h3-16,26H,2,17-20H2,1H3/p+1. The third-order valence-corrected chi connectivity index (χ3v) is 7.35. The molecule has 0 aliphatic carbocycles. The van der Waals surface area contributed by atoms with E-state index in [1.165, 1.54) is 20.9 Å². The fraction of sp³-hybridized carbons (Fsp3) is 0.241. The van der Waals surface area contributed by atoms with E-state index in [2.05, 4.69) is 48.5 Å². The second kappa shape index (κ2) is 10.1. The van der Waals surface area contributed by atoms with E-state index in [1.54, 1.807) is 0 Å². The van der Waals surface area contributed by atoms with Gasteiger partial charge in [-0.3, -0.25) is 9.59 Å². The molecular formula is C29H29ClN3O2+. The van der Waals surface area contributed by atoms with Crippen molar-refractivity contribution >= 4 is 29.1 Å². The number of nitrogens with zero attached hydrogens (tertiary/aromatic N) is 2. The van der Waals surface area contributed by atoms with Gasteiger partial charge in [0.25, 0.3) is 11.8 Å². The van der Waals surface area contributed by atoms with E-state index < -0.39 is 5.91 Å². The highest BCUT2D eigenvalue weighted by molar-refractivity contribution is 6.52. The van der Waals surface area contributed by atoms with E-state index in [0.717, 1.165) is 25.1 Å². The van der Waals surface area contributed by atoms with Gasteiger partial charge in [-0.2, -0.15) is 0 Å². The van der Waals surface area contributed by atoms with Gasteiger partial charge in [-0.05, 0) is 18.1 Å². The maximum absolute atomic E-state index is 13.5. The number of carbonyl (C=O) groups excluding carboxylic acids is 2. The summed E-state index contributed by atoms with van der Waals surface area (Å²) < 4.78 is 0. The van der Waals surface area contributed by atoms with Crippen LogP contribution in [0.2, 0.25) is 0 Å². The molecule has 0 saturated carbocycles. The molecule has 2 heterocycles. The molecule has 35 heavy (non-hydrogen) atoms. The number of hydrogen-bond donors (Lipinski definition) is 1. The number of carbonyl (C=O) groups is 2. The molecule has 178 valence electrons. The first kappa shape index (κ1) is 23.3. The molecule has 0 spiro atoms. The first-order valence-electron chi connectivity index (χ1n) is 12.2. The third kappa shape index (κ3) is 4.38. The van der Waals surface area contributed by atoms with Crippen LogP contribution < -0.4 is 9.80 Å². The van der Waals surface area contributed by atoms with Crippen molar-refractivity contribution in [3.05, 3.63) is 112 Å². The van der Waals surface area contributed by atoms with Gasteiger partial charge in [0.15, 0.2) is 0 Å². The fourth-order valence-corrected chi connectivity index (χ4v) is 5.56. The number of para-hydroxylation sites is 1. The molecule has 0 radical (unpaired) electrons. The molecule has 0 unspecified atom stereocenters. The van der Waals surface area contributed by atoms with Crippen LogP contribution in [0.5, 0.6) is 0 Å². The Morgan fingerprint density at radius 1 is 0.800 bits per heavy atom. The number of halogens is 1. The lowest BCUT2D eigenvalue weighted by molar-refractivity contribution is -0.929. The number of benzene rings is 3. The lowest BCUT2D eigenvalue weighted by Gasteiger charge is -2.38. The molecule has 0 atom stereocenters. The monoisotopic (exact) mass is 486 g/mol. The van der Waals surface area contributed by atoms with Crippen LogP contribution in [0.15, 0.2) is 95.7 Å². The van der Waals surface area contributed by atoms with Crippen molar-refractivity contribution in [3.8, 4) is 0 Å². The Kier molecular flexibility index (Phi) is 6.71. The van der Waals surface area contributed by atoms with Crippen LogP contribution in [-0.4, -0.2) is 42.9 Å². The topological polar surface area (TPSA) is 45.1 Å². The number of amides is 2. The van der Waals surface area contributed by atoms with Crippen molar-refractivity contribution in [1.29, 1.82) is 0 Å². The zero-order valence-corrected chi connectivity index (χ0v) is 20.5. The SMILES string of the molecule is CCc1ccccc1N1C(=O)C(Cl)=C(N2CC[NH+](C(c3ccccc3)c3ccccc3)CC2)C1=O. The molecule has 5 rings (SSSR count). The summed E-state index contributed by atoms with van der Waals surface area (Å²) in [5, 5.41) is 0.0204. The van der Waals surface area contributed by atoms with Crippen LogP contribution in [0.1, 0.15) is 29.7 Å². The lowest BCUT2D eigenvalue weighted by atomic mass is 9.96. The molecule has 3 aromatic carbocycles. The molecule has 2 aliphatic rings. The molecule has 5 nitrogen and oxygen atoms in total. The number of nitrogens with one attached hydrogen (secondary N) is 1. The number of imide groups is 1. The van der Waals surface area contributed by atoms with Gasteiger partial charge in [-0.15, -0.1) is 0 Å². The molecular weight excluding hydrogens is 458 g/mol. The Morgan fingerprint density at radius 3 is 1.91 bits per heavy atom. The quantitative estimate of drug-likeness (QED) is 0.542. The van der Waals surface area contributed by atoms with Crippen molar-refractivity contribution in [3.63, 3.8) is 0 Å². The van der Waals surface area contributed by atoms with E-state index in [9.17, 15) is 9.59 Å². The molecule has 2 aliphatic heterocycles. The van der Waals surface area contributed by atoms with Gasteiger partial charge in [0.1, 0.15) is 16.8 Å². The van der Waals surface area contributed by atoms with Crippen LogP contribution in [0.25, 0.3) is 0 Å². The van der Waals surface area contributed by atoms with Crippen LogP contribution in [-0.2, 0) is 16.0 Å². The largest absolute Gasteiger partial charge is 0.354 e. The predicted molar refractivity (Wildman–Crippen MR) is 138 cm³/mol. The van der Waals surface area contributed by atoms with Gasteiger partial charge in [0.05, 0.1) is 31.9 Å². The Hall–Kier alpha value is -3.41. The van der Waals surface area contributed by atoms with Gasteiger partial charge in [-0.1, -0.05) is 97.4 Å². The van der Waals surface area contributed by atoms with E-state index in [0.29, 0.717) is 24.5 Å². The average Bonchev–Trinajstić information content (AvgIpc) is 3.13. The highest BCUT2D eigenvalue weighted by Crippen LogP contribution is 2.33. The zero-order chi connectivity index (χ0) is 24.4. The average molecular weight is 487 g/mol. The van der Waals surface area contributed by atoms with Crippen LogP contribution in [0.4, 0.5) is 5.69 Å². The van der Waals surface area contributed by atoms with Gasteiger partial charge < -0.3 is 9.80 Å². The van der Waals surface area contributed by atoms with Crippen LogP contribution >= 0.6 is 11.6 Å². The van der Waals surface area contributed by atoms with E-state index >= 15 is 0 Å². The molecule has 1 N–H and O–H groups in total. The Labute approximate surface area is 211 Å². The first-order chi connectivity index (χ1) is 17.1. The molecule has 1 saturated heterocycles. The Bertz CT molecular complexity index is 1210. The summed E-state index contributed by atoms with van der Waals surface area (Å²) in [4.78, 5) is 31.2. The molecule has 2 amide bonds. The number of anilines is 1. The van der Waals surface area contributed by atoms with E-state index in [1.807, 2.05) is 48.2 Å². The molecule has 6 heteroatoms. The summed E-state index contributed by atoms with van der Waals surface area (Å²) in [6.45, 7) is 4.97. The minimum Gasteiger partial charge on any atom is -0.354 e. The van der Waals surface area contributed by atoms with Crippen molar-refractivity contribution in [1.82, 2.24) is 4.90 Å². The number of rotatable bonds is 6. The van der Waals surface area contributed by atoms with Gasteiger partial charge in [-0.25, -0.2) is 4.90 Å². The maximum atomic E-state index is 13.5. The minimum atomic E-state index is -0.436. The number of hydrogen-bond acceptors (Lipinski definition) is 3. The Balaban J connectivity index is 1.37. The van der Waals surface area contributed by atoms with Crippen molar-refractivity contribution in [2.24, 2.45) is 0 Å². The predicted octanol–water partition coefficient (Wildman–Crippen LogP) is 3.56. The number of aryl methyl sites for hydroxylation is 1. The van der Waals surface area contributed by atoms with Crippen molar-refractivity contribution in [2.75, 3.05) is 31.1 Å². The molecule has 3 aromatic rings. The summed E-state index contributed by atoms with van der Waals surface area (Å²) >= 11 is 6.51. The highest BCUT2D eigenvalue weighted by Gasteiger charge is 2.43. The summed E-state index contributed by atoms with van der Waals surface area (Å²) in [6, 6.07) is 28.8. The maximum Gasteiger partial charge on any atom is 0.283 e. The molecule has 1 fully saturated rings. The third-order valence-electron chi connectivity index (χ3n) is 7.01. The van der Waals surface area contributed by atoms with E-state index in [-0.39, 0.29) is 17.0 Å². The van der Waals surface area contributed by atoms with Crippen molar-refractivity contribution < 1.29 is 14.5 Å². The van der Waals surface area contributed by atoms with E-state index in [4.69, 9.17) is 11.6 Å². The Morgan fingerprint density at radius 2 is 1.34 bits per heavy atom. The van der Waals surface area contributed by atoms with Crippen LogP contribution in [0, 0.1) is 0 Å². The second-order valence-electron chi connectivity index (χ2n) is 8.99. The summed E-state index contributed by atoms with van der Waals surface area (Å²) in [6.07, 6.45) is 0.725. The first-order valence-corrected chi connectivity index (χ1v) is 12.5. The fourth-order valence-electron chi connectivity index (χ4n) is 5.27. The zero-order valence-electron chi connectivity index (χ0n) is 19.8. The molecule has 0 bridgehead atoms. The highest BCUT2D eigenvalue weighted by atomic mass is 35.5. The van der Waals surface area contributed by atoms with Crippen molar-refractivity contribution in [2.45, 2.75) is 19.4 Å². The number of quaternary nitrogens is 1. The van der Waals surface area contributed by atoms with Gasteiger partial charge >= 0.3 is 0 Å². The summed E-state index contributed by atoms with van der Waals surface area (Å²) in [5.74, 6) is -0.763. The summed E-state index contributed by atoms with van der Waals surface area (Å²) in [5.41, 5.74) is 4.44. The lowest BCUT2D eigenvalue weighted by Crippen LogP contribution is -3.15. The van der Waals surface area contributed by atoms with Gasteiger partial charge in [0, 0.05) is 11.1 Å². The molecule has 0 aromatic heterocycles. The second-order valence-corrected chi connectivity index (χ2v) is 9.37. The van der Waals surface area contributed by atoms with Gasteiger partial charge in [0.2, 0.25) is 0 Å². The summed E-state index contributed by atoms with van der Waals surface area (Å²) in [7, 11) is 0. The normalized spacial score (nSPS) is 17.1. The number of piperazine rings is 1. The van der Waals surface area contributed by atoms with Crippen LogP contribution in [0.3, 0.4) is 0 Å². The minimum absolute atomic E-state index is 0.0204.